The molecule has 0 saturated carbocycles. The number of halogens is 3. The molecule has 1 N–H and O–H groups in total. The number of carboxylic acids is 1. The van der Waals surface area contributed by atoms with Crippen LogP contribution in [0.25, 0.3) is 0 Å². The van der Waals surface area contributed by atoms with Gasteiger partial charge in [-0.05, 0) is 6.42 Å². The molecule has 0 radical (unpaired) electrons. The highest BCUT2D eigenvalue weighted by Gasteiger charge is 2.16. The maximum absolute atomic E-state index is 10.2. The predicted octanol–water partition coefficient (Wildman–Crippen LogP) is 2.23. The van der Waals surface area contributed by atoms with Gasteiger partial charge in [-0.1, -0.05) is 31.9 Å². The number of aliphatic carboxylic acids is 1. The maximum atomic E-state index is 10.2. The topological polar surface area (TPSA) is 37.3 Å². The Bertz CT molecular complexity index is 120. The van der Waals surface area contributed by atoms with Gasteiger partial charge in [0.05, 0.1) is 0 Å². The minimum Gasteiger partial charge on any atom is -0.480 e. The first-order valence-corrected chi connectivity index (χ1v) is 5.01. The Morgan fingerprint density at radius 3 is 2.40 bits per heavy atom. The number of alkyl halides is 3. The van der Waals surface area contributed by atoms with Crippen LogP contribution in [0.2, 0.25) is 0 Å². The minimum absolute atomic E-state index is 0.0645. The summed E-state index contributed by atoms with van der Waals surface area (Å²) >= 11 is 11.7. The second-order valence-corrected chi connectivity index (χ2v) is 4.50. The first kappa shape index (κ1) is 10.7. The molecule has 0 aromatic rings. The molecule has 0 aliphatic rings. The first-order chi connectivity index (χ1) is 4.57. The minimum atomic E-state index is -0.852. The summed E-state index contributed by atoms with van der Waals surface area (Å²) in [6.45, 7) is 0. The molecule has 0 rings (SSSR count). The Kier molecular flexibility index (Phi) is 5.77. The lowest BCUT2D eigenvalue weighted by molar-refractivity contribution is -0.136. The van der Waals surface area contributed by atoms with Crippen LogP contribution < -0.4 is 0 Å². The molecule has 0 spiro atoms. The zero-order chi connectivity index (χ0) is 8.15. The maximum Gasteiger partial charge on any atom is 0.317 e. The fourth-order valence-electron chi connectivity index (χ4n) is 0.388. The van der Waals surface area contributed by atoms with Crippen LogP contribution in [-0.4, -0.2) is 26.6 Å². The van der Waals surface area contributed by atoms with Crippen molar-refractivity contribution in [2.45, 2.75) is 16.1 Å². The van der Waals surface area contributed by atoms with Gasteiger partial charge in [-0.3, -0.25) is 4.79 Å². The van der Waals surface area contributed by atoms with E-state index in [1.54, 1.807) is 0 Å². The van der Waals surface area contributed by atoms with Crippen LogP contribution in [0.1, 0.15) is 6.42 Å². The van der Waals surface area contributed by atoms with Gasteiger partial charge < -0.3 is 5.11 Å². The molecule has 0 heterocycles. The van der Waals surface area contributed by atoms with Crippen molar-refractivity contribution >= 4 is 49.4 Å². The highest BCUT2D eigenvalue weighted by Crippen LogP contribution is 2.15. The summed E-state index contributed by atoms with van der Waals surface area (Å²) in [6.07, 6.45) is 0.499. The van der Waals surface area contributed by atoms with Crippen molar-refractivity contribution < 1.29 is 9.90 Å². The van der Waals surface area contributed by atoms with Gasteiger partial charge in [0, 0.05) is 10.7 Å². The third kappa shape index (κ3) is 4.52. The molecule has 0 amide bonds. The molecular formula is C5H7Br2ClO2. The zero-order valence-corrected chi connectivity index (χ0v) is 8.99. The summed E-state index contributed by atoms with van der Waals surface area (Å²) in [5, 5.41) is 8.42. The molecule has 60 valence electrons. The fourth-order valence-corrected chi connectivity index (χ4v) is 1.84. The summed E-state index contributed by atoms with van der Waals surface area (Å²) in [4.78, 5) is 9.80. The molecular weight excluding hydrogens is 287 g/mol. The van der Waals surface area contributed by atoms with Gasteiger partial charge in [0.25, 0.3) is 0 Å². The quantitative estimate of drug-likeness (QED) is 0.807. The molecule has 0 aliphatic carbocycles. The lowest BCUT2D eigenvalue weighted by atomic mass is 10.2. The van der Waals surface area contributed by atoms with E-state index in [2.05, 4.69) is 31.9 Å². The first-order valence-electron chi connectivity index (χ1n) is 2.64. The SMILES string of the molecule is O=C(O)C(Br)CC(Br)CCl. The Hall–Kier alpha value is 0.720. The van der Waals surface area contributed by atoms with Crippen LogP contribution in [0.5, 0.6) is 0 Å². The van der Waals surface area contributed by atoms with E-state index in [4.69, 9.17) is 16.7 Å². The highest BCUT2D eigenvalue weighted by atomic mass is 79.9. The highest BCUT2D eigenvalue weighted by molar-refractivity contribution is 9.10. The number of carbonyl (C=O) groups is 1. The largest absolute Gasteiger partial charge is 0.480 e. The van der Waals surface area contributed by atoms with E-state index in [-0.39, 0.29) is 4.83 Å². The number of hydrogen-bond donors (Lipinski definition) is 1. The molecule has 5 heteroatoms. The fraction of sp³-hybridized carbons (Fsp3) is 0.800. The van der Waals surface area contributed by atoms with E-state index in [9.17, 15) is 4.79 Å². The molecule has 2 atom stereocenters. The van der Waals surface area contributed by atoms with Crippen LogP contribution in [-0.2, 0) is 4.79 Å². The lowest BCUT2D eigenvalue weighted by Gasteiger charge is -2.06. The van der Waals surface area contributed by atoms with E-state index < -0.39 is 10.8 Å². The summed E-state index contributed by atoms with van der Waals surface area (Å²) in [5.74, 6) is -0.426. The molecule has 0 aromatic heterocycles. The van der Waals surface area contributed by atoms with Crippen LogP contribution in [0, 0.1) is 0 Å². The van der Waals surface area contributed by atoms with Crippen molar-refractivity contribution in [3.05, 3.63) is 0 Å². The van der Waals surface area contributed by atoms with Gasteiger partial charge in [0.2, 0.25) is 0 Å². The van der Waals surface area contributed by atoms with Crippen molar-refractivity contribution in [2.75, 3.05) is 5.88 Å². The molecule has 0 aromatic carbocycles. The van der Waals surface area contributed by atoms with Crippen molar-refractivity contribution in [3.63, 3.8) is 0 Å². The Balaban J connectivity index is 3.56. The summed E-state index contributed by atoms with van der Waals surface area (Å²) in [7, 11) is 0. The average Bonchev–Trinajstić information content (AvgIpc) is 1.87. The van der Waals surface area contributed by atoms with Gasteiger partial charge in [-0.2, -0.15) is 0 Å². The molecule has 0 fully saturated rings. The third-order valence-electron chi connectivity index (χ3n) is 0.898. The van der Waals surface area contributed by atoms with Crippen LogP contribution in [0.4, 0.5) is 0 Å². The summed E-state index contributed by atoms with van der Waals surface area (Å²) < 4.78 is 0. The van der Waals surface area contributed by atoms with E-state index in [1.165, 1.54) is 0 Å². The van der Waals surface area contributed by atoms with E-state index in [0.29, 0.717) is 12.3 Å². The molecule has 10 heavy (non-hydrogen) atoms. The Morgan fingerprint density at radius 2 is 2.10 bits per heavy atom. The smallest absolute Gasteiger partial charge is 0.317 e. The Labute approximate surface area is 81.2 Å². The monoisotopic (exact) mass is 292 g/mol. The van der Waals surface area contributed by atoms with Crippen molar-refractivity contribution in [1.29, 1.82) is 0 Å². The third-order valence-corrected chi connectivity index (χ3v) is 3.11. The van der Waals surface area contributed by atoms with Crippen molar-refractivity contribution in [3.8, 4) is 0 Å². The lowest BCUT2D eigenvalue weighted by Crippen LogP contribution is -2.17. The normalized spacial score (nSPS) is 16.3. The van der Waals surface area contributed by atoms with Crippen LogP contribution in [0.3, 0.4) is 0 Å². The summed E-state index contributed by atoms with van der Waals surface area (Å²) in [6, 6.07) is 0. The van der Waals surface area contributed by atoms with Gasteiger partial charge in [-0.25, -0.2) is 0 Å². The van der Waals surface area contributed by atoms with Gasteiger partial charge in [0.1, 0.15) is 4.83 Å². The van der Waals surface area contributed by atoms with E-state index >= 15 is 0 Å². The second kappa shape index (κ2) is 5.38. The number of carboxylic acid groups (broad SMARTS) is 1. The predicted molar refractivity (Wildman–Crippen MR) is 48.4 cm³/mol. The van der Waals surface area contributed by atoms with Gasteiger partial charge in [-0.15, -0.1) is 11.6 Å². The van der Waals surface area contributed by atoms with Crippen LogP contribution in [0.15, 0.2) is 0 Å². The molecule has 0 bridgehead atoms. The molecule has 0 aliphatic heterocycles. The van der Waals surface area contributed by atoms with Crippen molar-refractivity contribution in [2.24, 2.45) is 0 Å². The number of rotatable bonds is 4. The van der Waals surface area contributed by atoms with Crippen molar-refractivity contribution in [1.82, 2.24) is 0 Å². The molecule has 2 nitrogen and oxygen atoms in total. The van der Waals surface area contributed by atoms with Crippen LogP contribution >= 0.6 is 43.5 Å². The van der Waals surface area contributed by atoms with Gasteiger partial charge >= 0.3 is 5.97 Å². The summed E-state index contributed by atoms with van der Waals surface area (Å²) in [5.41, 5.74) is 0. The van der Waals surface area contributed by atoms with E-state index in [1.807, 2.05) is 0 Å². The zero-order valence-electron chi connectivity index (χ0n) is 5.06. The second-order valence-electron chi connectivity index (χ2n) is 1.79. The van der Waals surface area contributed by atoms with E-state index in [0.717, 1.165) is 0 Å². The molecule has 0 saturated heterocycles. The average molecular weight is 294 g/mol. The van der Waals surface area contributed by atoms with Gasteiger partial charge in [0.15, 0.2) is 0 Å². The molecule has 2 unspecified atom stereocenters. The Morgan fingerprint density at radius 1 is 1.60 bits per heavy atom. The standard InChI is InChI=1S/C5H7Br2ClO2/c6-3(2-8)1-4(7)5(9)10/h3-4H,1-2H2,(H,9,10). The number of hydrogen-bond acceptors (Lipinski definition) is 1.